The first-order chi connectivity index (χ1) is 17.3. The Morgan fingerprint density at radius 3 is 2.17 bits per heavy atom. The van der Waals surface area contributed by atoms with E-state index in [1.807, 2.05) is 19.1 Å². The SMILES string of the molecule is CCc1cccc(OC(=O)c2ccc(NC3=C(Cl)C(=O)N(c4ccc(C(=O)OC)cc4)C3=O)cc2)c1. The van der Waals surface area contributed by atoms with E-state index >= 15 is 0 Å². The molecule has 8 nitrogen and oxygen atoms in total. The summed E-state index contributed by atoms with van der Waals surface area (Å²) in [6.07, 6.45) is 0.821. The molecule has 1 aliphatic rings. The molecule has 0 unspecified atom stereocenters. The van der Waals surface area contributed by atoms with Crippen LogP contribution in [0.25, 0.3) is 0 Å². The number of aryl methyl sites for hydroxylation is 1. The van der Waals surface area contributed by atoms with Gasteiger partial charge in [0.15, 0.2) is 0 Å². The number of anilines is 2. The van der Waals surface area contributed by atoms with Crippen molar-refractivity contribution in [3.8, 4) is 5.75 Å². The Kier molecular flexibility index (Phi) is 7.17. The van der Waals surface area contributed by atoms with E-state index < -0.39 is 23.8 Å². The molecule has 9 heteroatoms. The van der Waals surface area contributed by atoms with E-state index in [2.05, 4.69) is 10.1 Å². The Bertz CT molecular complexity index is 1380. The Labute approximate surface area is 212 Å². The molecule has 0 saturated heterocycles. The number of hydrogen-bond donors (Lipinski definition) is 1. The van der Waals surface area contributed by atoms with Crippen LogP contribution < -0.4 is 15.0 Å². The van der Waals surface area contributed by atoms with Crippen LogP contribution in [0, 0.1) is 0 Å². The number of nitrogens with zero attached hydrogens (tertiary/aromatic N) is 1. The van der Waals surface area contributed by atoms with Gasteiger partial charge in [0, 0.05) is 5.69 Å². The lowest BCUT2D eigenvalue weighted by molar-refractivity contribution is -0.120. The third-order valence-corrected chi connectivity index (χ3v) is 5.83. The first-order valence-electron chi connectivity index (χ1n) is 11.0. The number of esters is 2. The van der Waals surface area contributed by atoms with Crippen molar-refractivity contribution in [1.82, 2.24) is 0 Å². The van der Waals surface area contributed by atoms with Crippen LogP contribution in [0.2, 0.25) is 0 Å². The van der Waals surface area contributed by atoms with Crippen LogP contribution in [0.3, 0.4) is 0 Å². The summed E-state index contributed by atoms with van der Waals surface area (Å²) in [5, 5.41) is 2.57. The highest BCUT2D eigenvalue weighted by molar-refractivity contribution is 6.53. The van der Waals surface area contributed by atoms with Crippen LogP contribution in [0.4, 0.5) is 11.4 Å². The van der Waals surface area contributed by atoms with Gasteiger partial charge in [-0.2, -0.15) is 0 Å². The summed E-state index contributed by atoms with van der Waals surface area (Å²) in [5.74, 6) is -1.98. The van der Waals surface area contributed by atoms with Gasteiger partial charge < -0.3 is 14.8 Å². The highest BCUT2D eigenvalue weighted by Crippen LogP contribution is 2.30. The number of carbonyl (C=O) groups excluding carboxylic acids is 4. The fourth-order valence-electron chi connectivity index (χ4n) is 3.54. The zero-order valence-corrected chi connectivity index (χ0v) is 20.2. The number of rotatable bonds is 7. The second kappa shape index (κ2) is 10.5. The number of methoxy groups -OCH3 is 1. The highest BCUT2D eigenvalue weighted by Gasteiger charge is 2.39. The topological polar surface area (TPSA) is 102 Å². The van der Waals surface area contributed by atoms with E-state index in [-0.39, 0.29) is 22.0 Å². The third kappa shape index (κ3) is 4.99. The number of amides is 2. The molecule has 1 aliphatic heterocycles. The van der Waals surface area contributed by atoms with Crippen LogP contribution in [-0.4, -0.2) is 30.9 Å². The fraction of sp³-hybridized carbons (Fsp3) is 0.111. The molecule has 36 heavy (non-hydrogen) atoms. The predicted octanol–water partition coefficient (Wildman–Crippen LogP) is 4.69. The summed E-state index contributed by atoms with van der Waals surface area (Å²) >= 11 is 6.18. The zero-order chi connectivity index (χ0) is 25.8. The maximum Gasteiger partial charge on any atom is 0.343 e. The molecule has 1 N–H and O–H groups in total. The molecule has 0 bridgehead atoms. The van der Waals surface area contributed by atoms with Gasteiger partial charge in [-0.25, -0.2) is 14.5 Å². The fourth-order valence-corrected chi connectivity index (χ4v) is 3.75. The molecule has 0 aliphatic carbocycles. The maximum atomic E-state index is 13.0. The molecule has 2 amide bonds. The summed E-state index contributed by atoms with van der Waals surface area (Å²) in [5.41, 5.74) is 2.22. The molecular formula is C27H21ClN2O6. The van der Waals surface area contributed by atoms with Gasteiger partial charge in [-0.3, -0.25) is 9.59 Å². The summed E-state index contributed by atoms with van der Waals surface area (Å²) < 4.78 is 10.1. The van der Waals surface area contributed by atoms with E-state index in [9.17, 15) is 19.2 Å². The minimum Gasteiger partial charge on any atom is -0.465 e. The molecule has 0 saturated carbocycles. The number of nitrogens with one attached hydrogen (secondary N) is 1. The largest absolute Gasteiger partial charge is 0.465 e. The van der Waals surface area contributed by atoms with Crippen molar-refractivity contribution >= 4 is 46.7 Å². The van der Waals surface area contributed by atoms with Crippen LogP contribution in [-0.2, 0) is 20.7 Å². The summed E-state index contributed by atoms with van der Waals surface area (Å²) in [6, 6.07) is 19.3. The average Bonchev–Trinajstić information content (AvgIpc) is 3.11. The van der Waals surface area contributed by atoms with Crippen molar-refractivity contribution in [2.75, 3.05) is 17.3 Å². The van der Waals surface area contributed by atoms with Crippen molar-refractivity contribution in [3.05, 3.63) is 100 Å². The first-order valence-corrected chi connectivity index (χ1v) is 11.3. The Balaban J connectivity index is 1.46. The monoisotopic (exact) mass is 504 g/mol. The molecule has 0 aromatic heterocycles. The van der Waals surface area contributed by atoms with Crippen molar-refractivity contribution in [2.45, 2.75) is 13.3 Å². The second-order valence-corrected chi connectivity index (χ2v) is 8.14. The van der Waals surface area contributed by atoms with Crippen molar-refractivity contribution in [2.24, 2.45) is 0 Å². The molecule has 4 rings (SSSR count). The zero-order valence-electron chi connectivity index (χ0n) is 19.4. The summed E-state index contributed by atoms with van der Waals surface area (Å²) in [6.45, 7) is 2.01. The van der Waals surface area contributed by atoms with Crippen molar-refractivity contribution < 1.29 is 28.7 Å². The minimum atomic E-state index is -0.704. The van der Waals surface area contributed by atoms with Crippen molar-refractivity contribution in [3.63, 3.8) is 0 Å². The first kappa shape index (κ1) is 24.7. The van der Waals surface area contributed by atoms with E-state index in [1.165, 1.54) is 43.5 Å². The van der Waals surface area contributed by atoms with Gasteiger partial charge >= 0.3 is 11.9 Å². The van der Waals surface area contributed by atoms with Gasteiger partial charge in [0.25, 0.3) is 11.8 Å². The molecule has 0 atom stereocenters. The van der Waals surface area contributed by atoms with Crippen molar-refractivity contribution in [1.29, 1.82) is 0 Å². The van der Waals surface area contributed by atoms with Gasteiger partial charge in [0.1, 0.15) is 16.5 Å². The van der Waals surface area contributed by atoms with Crippen LogP contribution >= 0.6 is 11.6 Å². The van der Waals surface area contributed by atoms with E-state index in [0.29, 0.717) is 17.0 Å². The Morgan fingerprint density at radius 2 is 1.53 bits per heavy atom. The molecule has 1 heterocycles. The quantitative estimate of drug-likeness (QED) is 0.283. The van der Waals surface area contributed by atoms with Gasteiger partial charge in [0.05, 0.1) is 23.9 Å². The number of carbonyl (C=O) groups is 4. The molecule has 3 aromatic rings. The number of hydrogen-bond acceptors (Lipinski definition) is 7. The maximum absolute atomic E-state index is 13.0. The van der Waals surface area contributed by atoms with Gasteiger partial charge in [-0.1, -0.05) is 30.7 Å². The Morgan fingerprint density at radius 1 is 0.889 bits per heavy atom. The number of ether oxygens (including phenoxy) is 2. The van der Waals surface area contributed by atoms with Gasteiger partial charge in [-0.05, 0) is 72.6 Å². The molecule has 0 radical (unpaired) electrons. The van der Waals surface area contributed by atoms with Gasteiger partial charge in [0.2, 0.25) is 0 Å². The van der Waals surface area contributed by atoms with E-state index in [0.717, 1.165) is 16.9 Å². The smallest absolute Gasteiger partial charge is 0.343 e. The molecular weight excluding hydrogens is 484 g/mol. The van der Waals surface area contributed by atoms with Crippen LogP contribution in [0.1, 0.15) is 33.2 Å². The van der Waals surface area contributed by atoms with E-state index in [4.69, 9.17) is 16.3 Å². The Hall–Kier alpha value is -4.43. The predicted molar refractivity (Wildman–Crippen MR) is 134 cm³/mol. The number of imide groups is 1. The molecule has 182 valence electrons. The second-order valence-electron chi connectivity index (χ2n) is 7.77. The van der Waals surface area contributed by atoms with Crippen LogP contribution in [0.5, 0.6) is 5.75 Å². The summed E-state index contributed by atoms with van der Waals surface area (Å²) in [4.78, 5) is 50.7. The number of halogens is 1. The average molecular weight is 505 g/mol. The molecule has 0 spiro atoms. The highest BCUT2D eigenvalue weighted by atomic mass is 35.5. The normalized spacial score (nSPS) is 13.1. The number of benzene rings is 3. The lowest BCUT2D eigenvalue weighted by Crippen LogP contribution is -2.32. The standard InChI is InChI=1S/C27H21ClN2O6/c1-3-16-5-4-6-21(15-16)36-27(34)18-7-11-19(12-8-18)29-23-22(28)24(31)30(25(23)32)20-13-9-17(10-14-20)26(33)35-2/h4-15,29H,3H2,1-2H3. The summed E-state index contributed by atoms with van der Waals surface area (Å²) in [7, 11) is 1.26. The molecule has 0 fully saturated rings. The molecule has 3 aromatic carbocycles. The van der Waals surface area contributed by atoms with Gasteiger partial charge in [-0.15, -0.1) is 0 Å². The van der Waals surface area contributed by atoms with Crippen LogP contribution in [0.15, 0.2) is 83.5 Å². The minimum absolute atomic E-state index is 0.106. The lowest BCUT2D eigenvalue weighted by Gasteiger charge is -2.15. The lowest BCUT2D eigenvalue weighted by atomic mass is 10.1. The van der Waals surface area contributed by atoms with E-state index in [1.54, 1.807) is 24.3 Å². The third-order valence-electron chi connectivity index (χ3n) is 5.48.